The number of aliphatic carboxylic acids is 1. The number of halogens is 1. The molecule has 0 saturated carbocycles. The van der Waals surface area contributed by atoms with Crippen LogP contribution >= 0.6 is 0 Å². The number of carboxylic acids is 1. The number of carbonyl (C=O) groups excluding carboxylic acids is 2. The van der Waals surface area contributed by atoms with Crippen molar-refractivity contribution in [3.05, 3.63) is 70.7 Å². The molecule has 10 nitrogen and oxygen atoms in total. The van der Waals surface area contributed by atoms with Crippen molar-refractivity contribution in [2.75, 3.05) is 26.3 Å². The van der Waals surface area contributed by atoms with Crippen molar-refractivity contribution >= 4 is 28.7 Å². The summed E-state index contributed by atoms with van der Waals surface area (Å²) in [6.07, 6.45) is 1.32. The summed E-state index contributed by atoms with van der Waals surface area (Å²) >= 11 is 0. The highest BCUT2D eigenvalue weighted by Crippen LogP contribution is 2.31. The number of hydrogen-bond acceptors (Lipinski definition) is 7. The number of likely N-dealkylation sites (tertiary alicyclic amines) is 1. The fourth-order valence-electron chi connectivity index (χ4n) is 6.20. The van der Waals surface area contributed by atoms with Crippen LogP contribution in [0.2, 0.25) is 0 Å². The predicted molar refractivity (Wildman–Crippen MR) is 150 cm³/mol. The third-order valence-electron chi connectivity index (χ3n) is 8.36. The van der Waals surface area contributed by atoms with Gasteiger partial charge in [0.25, 0.3) is 5.91 Å². The molecule has 0 spiro atoms. The Balaban J connectivity index is 1.08. The van der Waals surface area contributed by atoms with Crippen molar-refractivity contribution < 1.29 is 33.4 Å². The number of hydrogen-bond donors (Lipinski definition) is 2. The molecule has 3 N–H and O–H groups in total. The van der Waals surface area contributed by atoms with Crippen molar-refractivity contribution in [3.63, 3.8) is 0 Å². The molecule has 0 radical (unpaired) electrons. The van der Waals surface area contributed by atoms with E-state index in [9.17, 15) is 14.4 Å². The zero-order chi connectivity index (χ0) is 29.4. The van der Waals surface area contributed by atoms with Gasteiger partial charge in [0.1, 0.15) is 29.2 Å². The number of amides is 2. The van der Waals surface area contributed by atoms with E-state index in [2.05, 4.69) is 9.88 Å². The maximum atomic E-state index is 15.1. The van der Waals surface area contributed by atoms with Gasteiger partial charge in [0.15, 0.2) is 0 Å². The van der Waals surface area contributed by atoms with Gasteiger partial charge in [-0.1, -0.05) is 6.07 Å². The zero-order valence-corrected chi connectivity index (χ0v) is 23.1. The molecular weight excluding hydrogens is 543 g/mol. The number of fused-ring (bicyclic) bond motifs is 2. The molecule has 3 atom stereocenters. The average Bonchev–Trinajstić information content (AvgIpc) is 3.70. The van der Waals surface area contributed by atoms with Gasteiger partial charge in [0.05, 0.1) is 6.61 Å². The molecule has 42 heavy (non-hydrogen) atoms. The number of primary amides is 1. The lowest BCUT2D eigenvalue weighted by atomic mass is 10.0. The number of rotatable bonds is 10. The van der Waals surface area contributed by atoms with Crippen LogP contribution in [-0.2, 0) is 27.4 Å². The minimum Gasteiger partial charge on any atom is -0.489 e. The highest BCUT2D eigenvalue weighted by Gasteiger charge is 2.36. The summed E-state index contributed by atoms with van der Waals surface area (Å²) in [4.78, 5) is 44.1. The third kappa shape index (κ3) is 5.79. The maximum absolute atomic E-state index is 15.1. The fourth-order valence-corrected chi connectivity index (χ4v) is 6.20. The lowest BCUT2D eigenvalue weighted by Gasteiger charge is -2.24. The molecule has 3 aliphatic heterocycles. The number of aromatic nitrogens is 1. The second kappa shape index (κ2) is 11.7. The van der Waals surface area contributed by atoms with Crippen LogP contribution in [0.15, 0.2) is 42.5 Å². The van der Waals surface area contributed by atoms with Gasteiger partial charge >= 0.3 is 5.97 Å². The Morgan fingerprint density at radius 3 is 2.81 bits per heavy atom. The smallest absolute Gasteiger partial charge is 0.303 e. The number of carbonyl (C=O) groups is 3. The van der Waals surface area contributed by atoms with E-state index in [-0.39, 0.29) is 43.1 Å². The van der Waals surface area contributed by atoms with Crippen LogP contribution in [0.3, 0.4) is 0 Å². The first-order valence-corrected chi connectivity index (χ1v) is 14.3. The minimum absolute atomic E-state index is 0.0415. The molecule has 1 aromatic heterocycles. The monoisotopic (exact) mass is 576 g/mol. The van der Waals surface area contributed by atoms with E-state index in [1.54, 1.807) is 24.3 Å². The molecule has 11 heteroatoms. The van der Waals surface area contributed by atoms with Crippen LogP contribution in [0.4, 0.5) is 4.39 Å². The summed E-state index contributed by atoms with van der Waals surface area (Å²) in [5.41, 5.74) is 8.79. The largest absolute Gasteiger partial charge is 0.489 e. The van der Waals surface area contributed by atoms with E-state index < -0.39 is 17.9 Å². The molecule has 0 aliphatic carbocycles. The number of carboxylic acid groups (broad SMARTS) is 1. The Morgan fingerprint density at radius 1 is 1.19 bits per heavy atom. The van der Waals surface area contributed by atoms with Gasteiger partial charge in [-0.15, -0.1) is 0 Å². The van der Waals surface area contributed by atoms with E-state index >= 15 is 4.39 Å². The first kappa shape index (κ1) is 28.0. The first-order valence-electron chi connectivity index (χ1n) is 14.3. The van der Waals surface area contributed by atoms with Gasteiger partial charge in [0, 0.05) is 61.8 Å². The number of nitrogens with zero attached hydrogens (tertiary/aromatic N) is 3. The standard InChI is InChI=1S/C31H33FN4O6/c32-25-12-18(11-19-1-4-26(34-29(19)25)20-8-10-41-17-20)14-35-9-7-23(16-35)42-22-2-3-24-21(13-22)15-36(31(24)40)27(30(33)39)5-6-28(37)38/h1-4,11-13,20,23,27H,5-10,14-17H2,(H2,33,39)(H,37,38)/t20?,23-,27?/m0/s1. The molecule has 2 amide bonds. The minimum atomic E-state index is -1.06. The summed E-state index contributed by atoms with van der Waals surface area (Å²) in [6, 6.07) is 11.7. The molecule has 0 bridgehead atoms. The van der Waals surface area contributed by atoms with Gasteiger partial charge < -0.3 is 25.2 Å². The molecule has 220 valence electrons. The van der Waals surface area contributed by atoms with Crippen LogP contribution < -0.4 is 10.5 Å². The normalized spacial score (nSPS) is 21.2. The molecule has 2 saturated heterocycles. The fraction of sp³-hybridized carbons (Fsp3) is 0.419. The SMILES string of the molecule is NC(=O)C(CCC(=O)O)N1Cc2cc(O[C@H]3CCN(Cc4cc(F)c5nc(C6CCOC6)ccc5c4)C3)ccc2C1=O. The topological polar surface area (TPSA) is 135 Å². The predicted octanol–water partition coefficient (Wildman–Crippen LogP) is 3.21. The quantitative estimate of drug-likeness (QED) is 0.376. The maximum Gasteiger partial charge on any atom is 0.303 e. The van der Waals surface area contributed by atoms with Crippen molar-refractivity contribution in [1.29, 1.82) is 0 Å². The Labute approximate surface area is 242 Å². The molecule has 3 aliphatic rings. The highest BCUT2D eigenvalue weighted by molar-refractivity contribution is 6.01. The van der Waals surface area contributed by atoms with Gasteiger partial charge in [-0.25, -0.2) is 9.37 Å². The van der Waals surface area contributed by atoms with E-state index in [0.717, 1.165) is 36.0 Å². The van der Waals surface area contributed by atoms with Crippen LogP contribution in [-0.4, -0.2) is 76.1 Å². The molecular formula is C31H33FN4O6. The third-order valence-corrected chi connectivity index (χ3v) is 8.36. The Hall–Kier alpha value is -4.09. The molecule has 2 unspecified atom stereocenters. The van der Waals surface area contributed by atoms with Crippen molar-refractivity contribution in [1.82, 2.24) is 14.8 Å². The highest BCUT2D eigenvalue weighted by atomic mass is 19.1. The Kier molecular flexibility index (Phi) is 7.78. The lowest BCUT2D eigenvalue weighted by Crippen LogP contribution is -2.45. The molecule has 4 heterocycles. The Morgan fingerprint density at radius 2 is 2.05 bits per heavy atom. The number of nitrogens with two attached hydrogens (primary N) is 1. The van der Waals surface area contributed by atoms with Gasteiger partial charge in [-0.2, -0.15) is 0 Å². The zero-order valence-electron chi connectivity index (χ0n) is 23.1. The second-order valence-electron chi connectivity index (χ2n) is 11.3. The number of pyridine rings is 1. The van der Waals surface area contributed by atoms with Gasteiger partial charge in [-0.3, -0.25) is 19.3 Å². The summed E-state index contributed by atoms with van der Waals surface area (Å²) in [7, 11) is 0. The molecule has 2 aromatic carbocycles. The summed E-state index contributed by atoms with van der Waals surface area (Å²) < 4.78 is 26.8. The lowest BCUT2D eigenvalue weighted by molar-refractivity contribution is -0.137. The van der Waals surface area contributed by atoms with E-state index in [0.29, 0.717) is 48.7 Å². The first-order chi connectivity index (χ1) is 20.2. The van der Waals surface area contributed by atoms with E-state index in [1.165, 1.54) is 4.90 Å². The Bertz CT molecular complexity index is 1540. The summed E-state index contributed by atoms with van der Waals surface area (Å²) in [5.74, 6) is -1.62. The number of ether oxygens (including phenoxy) is 2. The van der Waals surface area contributed by atoms with Crippen LogP contribution in [0.5, 0.6) is 5.75 Å². The van der Waals surface area contributed by atoms with Crippen LogP contribution in [0.1, 0.15) is 58.8 Å². The molecule has 6 rings (SSSR count). The van der Waals surface area contributed by atoms with E-state index in [1.807, 2.05) is 18.2 Å². The van der Waals surface area contributed by atoms with Gasteiger partial charge in [-0.05, 0) is 66.8 Å². The van der Waals surface area contributed by atoms with Gasteiger partial charge in [0.2, 0.25) is 5.91 Å². The van der Waals surface area contributed by atoms with Crippen LogP contribution in [0.25, 0.3) is 10.9 Å². The van der Waals surface area contributed by atoms with E-state index in [4.69, 9.17) is 20.3 Å². The van der Waals surface area contributed by atoms with Crippen molar-refractivity contribution in [3.8, 4) is 5.75 Å². The van der Waals surface area contributed by atoms with Crippen molar-refractivity contribution in [2.45, 2.75) is 56.8 Å². The van der Waals surface area contributed by atoms with Crippen LogP contribution in [0, 0.1) is 5.82 Å². The summed E-state index contributed by atoms with van der Waals surface area (Å²) in [6.45, 7) is 3.55. The average molecular weight is 577 g/mol. The number of benzene rings is 2. The second-order valence-corrected chi connectivity index (χ2v) is 11.3. The molecule has 2 fully saturated rings. The summed E-state index contributed by atoms with van der Waals surface area (Å²) in [5, 5.41) is 9.78. The van der Waals surface area contributed by atoms with Crippen molar-refractivity contribution in [2.24, 2.45) is 5.73 Å². The molecule has 3 aromatic rings.